The van der Waals surface area contributed by atoms with Gasteiger partial charge >= 0.3 is 0 Å². The minimum absolute atomic E-state index is 0.250. The van der Waals surface area contributed by atoms with Crippen molar-refractivity contribution in [3.63, 3.8) is 0 Å². The van der Waals surface area contributed by atoms with Crippen molar-refractivity contribution in [1.82, 2.24) is 5.32 Å². The molecule has 3 rings (SSSR count). The van der Waals surface area contributed by atoms with Gasteiger partial charge in [0.25, 0.3) is 0 Å². The van der Waals surface area contributed by atoms with Crippen molar-refractivity contribution in [2.75, 3.05) is 31.1 Å². The zero-order valence-corrected chi connectivity index (χ0v) is 13.9. The SMILES string of the molecule is CC(C)(C)c1ccc(N2CCC3(CCNCC3)CC2)cc1. The Morgan fingerprint density at radius 2 is 1.48 bits per heavy atom. The number of rotatable bonds is 1. The van der Waals surface area contributed by atoms with Gasteiger partial charge in [-0.15, -0.1) is 0 Å². The molecule has 0 unspecified atom stereocenters. The molecule has 1 aromatic carbocycles. The van der Waals surface area contributed by atoms with E-state index in [1.54, 1.807) is 0 Å². The van der Waals surface area contributed by atoms with Crippen molar-refractivity contribution >= 4 is 5.69 Å². The van der Waals surface area contributed by atoms with Crippen LogP contribution in [0.4, 0.5) is 5.69 Å². The van der Waals surface area contributed by atoms with Crippen molar-refractivity contribution < 1.29 is 0 Å². The molecule has 0 radical (unpaired) electrons. The van der Waals surface area contributed by atoms with E-state index >= 15 is 0 Å². The molecule has 0 amide bonds. The molecule has 0 saturated carbocycles. The molecule has 1 aromatic rings. The van der Waals surface area contributed by atoms with E-state index in [1.807, 2.05) is 0 Å². The summed E-state index contributed by atoms with van der Waals surface area (Å²) in [5, 5.41) is 3.51. The number of hydrogen-bond donors (Lipinski definition) is 1. The zero-order valence-electron chi connectivity index (χ0n) is 13.9. The average Bonchev–Trinajstić information content (AvgIpc) is 2.48. The minimum atomic E-state index is 0.250. The van der Waals surface area contributed by atoms with E-state index in [-0.39, 0.29) is 5.41 Å². The van der Waals surface area contributed by atoms with Gasteiger partial charge in [-0.05, 0) is 67.3 Å². The fraction of sp³-hybridized carbons (Fsp3) is 0.684. The van der Waals surface area contributed by atoms with E-state index in [0.29, 0.717) is 5.41 Å². The summed E-state index contributed by atoms with van der Waals surface area (Å²) in [6.07, 6.45) is 5.50. The molecule has 2 heteroatoms. The molecule has 1 spiro atoms. The minimum Gasteiger partial charge on any atom is -0.371 e. The van der Waals surface area contributed by atoms with Crippen LogP contribution in [-0.4, -0.2) is 26.2 Å². The molecule has 0 bridgehead atoms. The quantitative estimate of drug-likeness (QED) is 0.841. The van der Waals surface area contributed by atoms with Gasteiger partial charge in [-0.25, -0.2) is 0 Å². The van der Waals surface area contributed by atoms with Gasteiger partial charge in [-0.2, -0.15) is 0 Å². The average molecular weight is 286 g/mol. The van der Waals surface area contributed by atoms with Crippen molar-refractivity contribution in [2.45, 2.75) is 51.9 Å². The highest BCUT2D eigenvalue weighted by Crippen LogP contribution is 2.40. The van der Waals surface area contributed by atoms with Crippen LogP contribution < -0.4 is 10.2 Å². The van der Waals surface area contributed by atoms with E-state index in [2.05, 4.69) is 55.3 Å². The maximum Gasteiger partial charge on any atom is 0.0366 e. The Bertz CT molecular complexity index is 453. The first-order chi connectivity index (χ1) is 9.99. The van der Waals surface area contributed by atoms with Gasteiger partial charge in [0.15, 0.2) is 0 Å². The molecule has 2 aliphatic heterocycles. The summed E-state index contributed by atoms with van der Waals surface area (Å²) in [5.41, 5.74) is 3.73. The summed E-state index contributed by atoms with van der Waals surface area (Å²) in [5.74, 6) is 0. The Morgan fingerprint density at radius 1 is 0.905 bits per heavy atom. The molecule has 1 N–H and O–H groups in total. The van der Waals surface area contributed by atoms with Gasteiger partial charge < -0.3 is 10.2 Å². The smallest absolute Gasteiger partial charge is 0.0366 e. The lowest BCUT2D eigenvalue weighted by Gasteiger charge is -2.45. The number of piperidine rings is 2. The number of benzene rings is 1. The van der Waals surface area contributed by atoms with Crippen molar-refractivity contribution in [3.8, 4) is 0 Å². The lowest BCUT2D eigenvalue weighted by Crippen LogP contribution is -2.45. The fourth-order valence-electron chi connectivity index (χ4n) is 3.87. The normalized spacial score (nSPS) is 22.5. The van der Waals surface area contributed by atoms with Crippen molar-refractivity contribution in [1.29, 1.82) is 0 Å². The van der Waals surface area contributed by atoms with Crippen LogP contribution in [0.15, 0.2) is 24.3 Å². The molecule has 2 saturated heterocycles. The lowest BCUT2D eigenvalue weighted by atomic mass is 9.71. The second kappa shape index (κ2) is 5.64. The number of hydrogen-bond acceptors (Lipinski definition) is 2. The Balaban J connectivity index is 1.64. The molecule has 116 valence electrons. The van der Waals surface area contributed by atoms with E-state index in [4.69, 9.17) is 0 Å². The first kappa shape index (κ1) is 14.9. The van der Waals surface area contributed by atoms with E-state index in [0.717, 1.165) is 0 Å². The second-order valence-electron chi connectivity index (χ2n) is 8.03. The number of nitrogens with zero attached hydrogens (tertiary/aromatic N) is 1. The molecular weight excluding hydrogens is 256 g/mol. The summed E-state index contributed by atoms with van der Waals surface area (Å²) in [6.45, 7) is 11.8. The third kappa shape index (κ3) is 3.26. The van der Waals surface area contributed by atoms with Crippen LogP contribution in [0.3, 0.4) is 0 Å². The molecule has 0 aliphatic carbocycles. The van der Waals surface area contributed by atoms with Crippen LogP contribution in [0, 0.1) is 5.41 Å². The highest BCUT2D eigenvalue weighted by Gasteiger charge is 2.35. The van der Waals surface area contributed by atoms with Crippen LogP contribution in [-0.2, 0) is 5.41 Å². The third-order valence-corrected chi connectivity index (χ3v) is 5.59. The van der Waals surface area contributed by atoms with Crippen molar-refractivity contribution in [3.05, 3.63) is 29.8 Å². The fourth-order valence-corrected chi connectivity index (χ4v) is 3.87. The van der Waals surface area contributed by atoms with Gasteiger partial charge in [0.1, 0.15) is 0 Å². The lowest BCUT2D eigenvalue weighted by molar-refractivity contribution is 0.155. The molecule has 2 aliphatic rings. The Labute approximate surface area is 129 Å². The van der Waals surface area contributed by atoms with Gasteiger partial charge in [-0.3, -0.25) is 0 Å². The summed E-state index contributed by atoms with van der Waals surface area (Å²) in [7, 11) is 0. The van der Waals surface area contributed by atoms with Crippen LogP contribution in [0.5, 0.6) is 0 Å². The summed E-state index contributed by atoms with van der Waals surface area (Å²) >= 11 is 0. The predicted octanol–water partition coefficient (Wildman–Crippen LogP) is 3.95. The monoisotopic (exact) mass is 286 g/mol. The summed E-state index contributed by atoms with van der Waals surface area (Å²) in [4.78, 5) is 2.58. The van der Waals surface area contributed by atoms with Crippen molar-refractivity contribution in [2.24, 2.45) is 5.41 Å². The molecule has 2 heterocycles. The number of nitrogens with one attached hydrogen (secondary N) is 1. The van der Waals surface area contributed by atoms with E-state index in [9.17, 15) is 0 Å². The van der Waals surface area contributed by atoms with Crippen LogP contribution in [0.2, 0.25) is 0 Å². The van der Waals surface area contributed by atoms with E-state index < -0.39 is 0 Å². The van der Waals surface area contributed by atoms with Gasteiger partial charge in [0.05, 0.1) is 0 Å². The molecule has 2 fully saturated rings. The molecule has 0 aromatic heterocycles. The van der Waals surface area contributed by atoms with E-state index in [1.165, 1.54) is 63.1 Å². The van der Waals surface area contributed by atoms with Crippen LogP contribution >= 0.6 is 0 Å². The molecule has 2 nitrogen and oxygen atoms in total. The van der Waals surface area contributed by atoms with Crippen LogP contribution in [0.1, 0.15) is 52.0 Å². The third-order valence-electron chi connectivity index (χ3n) is 5.59. The van der Waals surface area contributed by atoms with Gasteiger partial charge in [0.2, 0.25) is 0 Å². The Morgan fingerprint density at radius 3 is 2.00 bits per heavy atom. The summed E-state index contributed by atoms with van der Waals surface area (Å²) in [6, 6.07) is 9.26. The summed E-state index contributed by atoms with van der Waals surface area (Å²) < 4.78 is 0. The maximum atomic E-state index is 3.51. The van der Waals surface area contributed by atoms with Crippen LogP contribution in [0.25, 0.3) is 0 Å². The largest absolute Gasteiger partial charge is 0.371 e. The van der Waals surface area contributed by atoms with Gasteiger partial charge in [-0.1, -0.05) is 32.9 Å². The zero-order chi connectivity index (χ0) is 14.9. The first-order valence-corrected chi connectivity index (χ1v) is 8.55. The molecule has 21 heavy (non-hydrogen) atoms. The van der Waals surface area contributed by atoms with Gasteiger partial charge in [0, 0.05) is 18.8 Å². The molecular formula is C19H30N2. The Hall–Kier alpha value is -1.02. The standard InChI is InChI=1S/C19H30N2/c1-18(2,3)16-4-6-17(7-5-16)21-14-10-19(11-15-21)8-12-20-13-9-19/h4-7,20H,8-15H2,1-3H3. The maximum absolute atomic E-state index is 3.51. The highest BCUT2D eigenvalue weighted by molar-refractivity contribution is 5.49. The molecule has 0 atom stereocenters. The number of anilines is 1. The topological polar surface area (TPSA) is 15.3 Å². The first-order valence-electron chi connectivity index (χ1n) is 8.55. The Kier molecular flexibility index (Phi) is 4.00. The second-order valence-corrected chi connectivity index (χ2v) is 8.03. The predicted molar refractivity (Wildman–Crippen MR) is 91.1 cm³/mol. The highest BCUT2D eigenvalue weighted by atomic mass is 15.1.